The Hall–Kier alpha value is -0.950. The van der Waals surface area contributed by atoms with Crippen LogP contribution in [0.1, 0.15) is 43.4 Å². The number of sulfonamides is 1. The molecule has 2 fully saturated rings. The number of hydrogen-bond donors (Lipinski definition) is 1. The summed E-state index contributed by atoms with van der Waals surface area (Å²) in [5, 5.41) is 3.33. The predicted molar refractivity (Wildman–Crippen MR) is 95.5 cm³/mol. The highest BCUT2D eigenvalue weighted by Crippen LogP contribution is 2.27. The summed E-state index contributed by atoms with van der Waals surface area (Å²) < 4.78 is 33.3. The fourth-order valence-corrected chi connectivity index (χ4v) is 5.43. The molecule has 2 aliphatic heterocycles. The highest BCUT2D eigenvalue weighted by atomic mass is 32.2. The zero-order chi connectivity index (χ0) is 17.0. The molecular weight excluding hydrogens is 324 g/mol. The zero-order valence-corrected chi connectivity index (χ0v) is 15.2. The minimum atomic E-state index is -3.33. The van der Waals surface area contributed by atoms with Gasteiger partial charge in [0.1, 0.15) is 0 Å². The zero-order valence-electron chi connectivity index (χ0n) is 14.4. The highest BCUT2D eigenvalue weighted by Gasteiger charge is 2.35. The molecule has 1 N–H and O–H groups in total. The SMILES string of the molecule is CCc1ccc(C2CNCCN2S(=O)(=O)CC2CCCCO2)cc1. The van der Waals surface area contributed by atoms with Crippen molar-refractivity contribution in [1.82, 2.24) is 9.62 Å². The van der Waals surface area contributed by atoms with Gasteiger partial charge in [0.15, 0.2) is 0 Å². The van der Waals surface area contributed by atoms with Crippen LogP contribution in [0.25, 0.3) is 0 Å². The molecule has 6 heteroatoms. The van der Waals surface area contributed by atoms with Gasteiger partial charge >= 0.3 is 0 Å². The number of ether oxygens (including phenoxy) is 1. The van der Waals surface area contributed by atoms with E-state index in [1.165, 1.54) is 5.56 Å². The molecule has 0 aromatic heterocycles. The van der Waals surface area contributed by atoms with Crippen molar-refractivity contribution in [3.63, 3.8) is 0 Å². The molecule has 2 saturated heterocycles. The topological polar surface area (TPSA) is 58.6 Å². The first-order chi connectivity index (χ1) is 11.6. The van der Waals surface area contributed by atoms with Crippen LogP contribution in [0.15, 0.2) is 24.3 Å². The monoisotopic (exact) mass is 352 g/mol. The molecule has 2 heterocycles. The molecule has 3 rings (SSSR count). The number of hydrogen-bond acceptors (Lipinski definition) is 4. The van der Waals surface area contributed by atoms with Crippen molar-refractivity contribution in [3.05, 3.63) is 35.4 Å². The maximum Gasteiger partial charge on any atom is 0.217 e. The van der Waals surface area contributed by atoms with Gasteiger partial charge in [-0.1, -0.05) is 31.2 Å². The van der Waals surface area contributed by atoms with E-state index in [0.29, 0.717) is 26.2 Å². The van der Waals surface area contributed by atoms with Gasteiger partial charge in [0.2, 0.25) is 10.0 Å². The maximum atomic E-state index is 13.0. The second-order valence-corrected chi connectivity index (χ2v) is 8.66. The predicted octanol–water partition coefficient (Wildman–Crippen LogP) is 2.09. The third-order valence-corrected chi connectivity index (χ3v) is 6.94. The quantitative estimate of drug-likeness (QED) is 0.882. The molecule has 24 heavy (non-hydrogen) atoms. The summed E-state index contributed by atoms with van der Waals surface area (Å²) in [5.74, 6) is 0.108. The fraction of sp³-hybridized carbons (Fsp3) is 0.667. The number of piperazine rings is 1. The van der Waals surface area contributed by atoms with E-state index < -0.39 is 10.0 Å². The lowest BCUT2D eigenvalue weighted by molar-refractivity contribution is 0.0296. The van der Waals surface area contributed by atoms with Gasteiger partial charge in [0.05, 0.1) is 17.9 Å². The van der Waals surface area contributed by atoms with Crippen LogP contribution in [-0.4, -0.2) is 50.8 Å². The Bertz CT molecular complexity index is 624. The Labute approximate surface area is 145 Å². The summed E-state index contributed by atoms with van der Waals surface area (Å²) in [6, 6.07) is 8.20. The molecule has 0 bridgehead atoms. The average Bonchev–Trinajstić information content (AvgIpc) is 2.62. The number of benzene rings is 1. The van der Waals surface area contributed by atoms with Crippen LogP contribution >= 0.6 is 0 Å². The number of aryl methyl sites for hydroxylation is 1. The van der Waals surface area contributed by atoms with Gasteiger partial charge in [-0.2, -0.15) is 4.31 Å². The van der Waals surface area contributed by atoms with Gasteiger partial charge < -0.3 is 10.1 Å². The summed E-state index contributed by atoms with van der Waals surface area (Å²) >= 11 is 0. The van der Waals surface area contributed by atoms with Crippen molar-refractivity contribution in [2.45, 2.75) is 44.8 Å². The smallest absolute Gasteiger partial charge is 0.217 e. The van der Waals surface area contributed by atoms with Crippen LogP contribution in [0.2, 0.25) is 0 Å². The molecule has 0 aliphatic carbocycles. The number of nitrogens with zero attached hydrogens (tertiary/aromatic N) is 1. The second kappa shape index (κ2) is 7.95. The van der Waals surface area contributed by atoms with E-state index in [0.717, 1.165) is 31.2 Å². The highest BCUT2D eigenvalue weighted by molar-refractivity contribution is 7.89. The summed E-state index contributed by atoms with van der Waals surface area (Å²) in [6.07, 6.45) is 3.79. The van der Waals surface area contributed by atoms with Crippen molar-refractivity contribution in [2.75, 3.05) is 32.0 Å². The van der Waals surface area contributed by atoms with Gasteiger partial charge in [0.25, 0.3) is 0 Å². The van der Waals surface area contributed by atoms with Crippen LogP contribution in [0.5, 0.6) is 0 Å². The van der Waals surface area contributed by atoms with E-state index in [4.69, 9.17) is 4.74 Å². The standard InChI is InChI=1S/C18H28N2O3S/c1-2-15-6-8-16(9-7-15)18-13-19-10-11-20(18)24(21,22)14-17-5-3-4-12-23-17/h6-9,17-19H,2-5,10-14H2,1H3. The molecule has 5 nitrogen and oxygen atoms in total. The molecule has 0 spiro atoms. The minimum absolute atomic E-state index is 0.108. The van der Waals surface area contributed by atoms with Crippen LogP contribution < -0.4 is 5.32 Å². The maximum absolute atomic E-state index is 13.0. The third-order valence-electron chi connectivity index (χ3n) is 4.99. The Morgan fingerprint density at radius 2 is 2.04 bits per heavy atom. The third kappa shape index (κ3) is 4.17. The molecule has 1 aromatic carbocycles. The van der Waals surface area contributed by atoms with Gasteiger partial charge in [0, 0.05) is 26.2 Å². The van der Waals surface area contributed by atoms with Crippen LogP contribution in [0.3, 0.4) is 0 Å². The first-order valence-corrected chi connectivity index (χ1v) is 10.6. The Kier molecular flexibility index (Phi) is 5.92. The van der Waals surface area contributed by atoms with Gasteiger partial charge in [-0.3, -0.25) is 0 Å². The van der Waals surface area contributed by atoms with Crippen molar-refractivity contribution in [2.24, 2.45) is 0 Å². The molecule has 0 amide bonds. The molecule has 0 radical (unpaired) electrons. The molecule has 2 unspecified atom stereocenters. The number of rotatable bonds is 5. The van der Waals surface area contributed by atoms with Crippen molar-refractivity contribution >= 4 is 10.0 Å². The van der Waals surface area contributed by atoms with Crippen molar-refractivity contribution < 1.29 is 13.2 Å². The molecule has 2 aliphatic rings. The van der Waals surface area contributed by atoms with E-state index in [9.17, 15) is 8.42 Å². The second-order valence-electron chi connectivity index (χ2n) is 6.69. The van der Waals surface area contributed by atoms with Crippen LogP contribution in [0, 0.1) is 0 Å². The molecule has 134 valence electrons. The Morgan fingerprint density at radius 1 is 1.25 bits per heavy atom. The normalized spacial score (nSPS) is 26.4. The largest absolute Gasteiger partial charge is 0.377 e. The first kappa shape index (κ1) is 17.9. The lowest BCUT2D eigenvalue weighted by Crippen LogP contribution is -2.50. The van der Waals surface area contributed by atoms with Gasteiger partial charge in [-0.05, 0) is 36.8 Å². The van der Waals surface area contributed by atoms with E-state index in [2.05, 4.69) is 36.5 Å². The van der Waals surface area contributed by atoms with E-state index >= 15 is 0 Å². The van der Waals surface area contributed by atoms with Crippen molar-refractivity contribution in [3.8, 4) is 0 Å². The van der Waals surface area contributed by atoms with Crippen LogP contribution in [0.4, 0.5) is 0 Å². The van der Waals surface area contributed by atoms with E-state index in [1.807, 2.05) is 0 Å². The fourth-order valence-electron chi connectivity index (χ4n) is 3.55. The van der Waals surface area contributed by atoms with E-state index in [1.54, 1.807) is 4.31 Å². The van der Waals surface area contributed by atoms with Crippen LogP contribution in [-0.2, 0) is 21.2 Å². The number of nitrogens with one attached hydrogen (secondary N) is 1. The lowest BCUT2D eigenvalue weighted by atomic mass is 10.0. The van der Waals surface area contributed by atoms with E-state index in [-0.39, 0.29) is 17.9 Å². The first-order valence-electron chi connectivity index (χ1n) is 9.01. The average molecular weight is 353 g/mol. The summed E-state index contributed by atoms with van der Waals surface area (Å²) in [7, 11) is -3.33. The Balaban J connectivity index is 1.77. The summed E-state index contributed by atoms with van der Waals surface area (Å²) in [5.41, 5.74) is 2.33. The molecule has 1 aromatic rings. The summed E-state index contributed by atoms with van der Waals surface area (Å²) in [6.45, 7) is 4.70. The summed E-state index contributed by atoms with van der Waals surface area (Å²) in [4.78, 5) is 0. The molecular formula is C18H28N2O3S. The van der Waals surface area contributed by atoms with Gasteiger partial charge in [-0.25, -0.2) is 8.42 Å². The minimum Gasteiger partial charge on any atom is -0.377 e. The Morgan fingerprint density at radius 3 is 2.71 bits per heavy atom. The molecule has 0 saturated carbocycles. The molecule has 2 atom stereocenters. The van der Waals surface area contributed by atoms with Gasteiger partial charge in [-0.15, -0.1) is 0 Å². The lowest BCUT2D eigenvalue weighted by Gasteiger charge is -2.36. The van der Waals surface area contributed by atoms with Crippen molar-refractivity contribution in [1.29, 1.82) is 0 Å².